The van der Waals surface area contributed by atoms with Crippen LogP contribution in [0.25, 0.3) is 0 Å². The van der Waals surface area contributed by atoms with Crippen molar-refractivity contribution in [2.45, 2.75) is 257 Å². The smallest absolute Gasteiger partial charge is 0.249 e. The Morgan fingerprint density at radius 2 is 0.760 bits per heavy atom. The van der Waals surface area contributed by atoms with E-state index in [0.717, 1.165) is 32.1 Å². The summed E-state index contributed by atoms with van der Waals surface area (Å²) in [6.45, 7) is 4.08. The summed E-state index contributed by atoms with van der Waals surface area (Å²) in [6.07, 6.45) is 42.6. The summed E-state index contributed by atoms with van der Waals surface area (Å²) in [5.41, 5.74) is 0. The van der Waals surface area contributed by atoms with E-state index in [1.165, 1.54) is 179 Å². The van der Waals surface area contributed by atoms with Crippen LogP contribution >= 0.6 is 0 Å². The molecule has 0 aromatic rings. The minimum Gasteiger partial charge on any atom is -0.394 e. The van der Waals surface area contributed by atoms with Crippen molar-refractivity contribution >= 4 is 5.91 Å². The molecule has 0 aliphatic heterocycles. The van der Waals surface area contributed by atoms with Gasteiger partial charge in [-0.15, -0.1) is 0 Å². The van der Waals surface area contributed by atoms with Crippen molar-refractivity contribution in [3.8, 4) is 0 Å². The molecule has 6 nitrogen and oxygen atoms in total. The fourth-order valence-electron chi connectivity index (χ4n) is 6.91. The van der Waals surface area contributed by atoms with Crippen LogP contribution in [-0.4, -0.2) is 57.3 Å². The van der Waals surface area contributed by atoms with Crippen LogP contribution in [0, 0.1) is 0 Å². The van der Waals surface area contributed by atoms with Crippen LogP contribution in [0.4, 0.5) is 0 Å². The van der Waals surface area contributed by atoms with Crippen LogP contribution in [0.2, 0.25) is 0 Å². The molecular formula is C44H87NO5. The second kappa shape index (κ2) is 39.3. The molecule has 0 spiro atoms. The van der Waals surface area contributed by atoms with E-state index in [1.54, 1.807) is 6.08 Å². The summed E-state index contributed by atoms with van der Waals surface area (Å²) >= 11 is 0. The maximum atomic E-state index is 12.5. The summed E-state index contributed by atoms with van der Waals surface area (Å²) in [4.78, 5) is 12.5. The lowest BCUT2D eigenvalue weighted by Crippen LogP contribution is -2.48. The van der Waals surface area contributed by atoms with Gasteiger partial charge in [-0.2, -0.15) is 0 Å². The first kappa shape index (κ1) is 49.0. The van der Waals surface area contributed by atoms with Gasteiger partial charge in [-0.05, 0) is 12.8 Å². The van der Waals surface area contributed by atoms with Gasteiger partial charge in [0.1, 0.15) is 6.10 Å². The Balaban J connectivity index is 3.69. The second-order valence-electron chi connectivity index (χ2n) is 15.4. The first-order valence-electron chi connectivity index (χ1n) is 22.1. The number of unbranched alkanes of at least 4 members (excludes halogenated alkanes) is 30. The average Bonchev–Trinajstić information content (AvgIpc) is 3.12. The quantitative estimate of drug-likeness (QED) is 0.0321. The molecule has 1 unspecified atom stereocenters. The predicted molar refractivity (Wildman–Crippen MR) is 215 cm³/mol. The monoisotopic (exact) mass is 710 g/mol. The van der Waals surface area contributed by atoms with Crippen molar-refractivity contribution < 1.29 is 25.2 Å². The second-order valence-corrected chi connectivity index (χ2v) is 15.4. The molecule has 6 heteroatoms. The van der Waals surface area contributed by atoms with E-state index in [0.29, 0.717) is 12.8 Å². The standard InChI is InChI=1S/C44H87NO5/c1-3-5-7-9-11-13-15-16-17-18-19-20-21-22-23-24-25-26-28-30-32-34-36-43(49)44(50)45-41(39-46)42(48)38-37-40(47)35-33-31-29-27-14-12-10-8-6-4-2/h37-38,40-43,46-49H,3-36,39H2,1-2H3,(H,45,50)/b38-37+/t40-,41+,42-,43?/m1/s1. The number of aliphatic hydroxyl groups excluding tert-OH is 4. The zero-order valence-corrected chi connectivity index (χ0v) is 33.4. The minimum absolute atomic E-state index is 0.382. The van der Waals surface area contributed by atoms with Gasteiger partial charge in [0.25, 0.3) is 0 Å². The van der Waals surface area contributed by atoms with Crippen molar-refractivity contribution in [2.24, 2.45) is 0 Å². The molecule has 0 fully saturated rings. The van der Waals surface area contributed by atoms with Gasteiger partial charge in [0, 0.05) is 0 Å². The van der Waals surface area contributed by atoms with E-state index in [9.17, 15) is 25.2 Å². The number of aliphatic hydroxyl groups is 4. The maximum absolute atomic E-state index is 12.5. The SMILES string of the molecule is CCCCCCCCCCCCCCCCCCCCCCCCC(O)C(=O)N[C@@H](CO)[C@H](O)/C=C/[C@H](O)CCCCCCCCCCCC. The summed E-state index contributed by atoms with van der Waals surface area (Å²) in [5, 5.41) is 43.3. The summed E-state index contributed by atoms with van der Waals surface area (Å²) in [6, 6.07) is -0.914. The Morgan fingerprint density at radius 3 is 1.08 bits per heavy atom. The largest absolute Gasteiger partial charge is 0.394 e. The number of amides is 1. The topological polar surface area (TPSA) is 110 Å². The first-order valence-corrected chi connectivity index (χ1v) is 22.1. The molecule has 50 heavy (non-hydrogen) atoms. The summed E-state index contributed by atoms with van der Waals surface area (Å²) < 4.78 is 0. The molecule has 0 rings (SSSR count). The first-order chi connectivity index (χ1) is 24.5. The van der Waals surface area contributed by atoms with Crippen LogP contribution in [0.5, 0.6) is 0 Å². The lowest BCUT2D eigenvalue weighted by atomic mass is 10.0. The number of hydrogen-bond donors (Lipinski definition) is 5. The molecule has 1 amide bonds. The Kier molecular flexibility index (Phi) is 38.5. The third-order valence-corrected chi connectivity index (χ3v) is 10.5. The van der Waals surface area contributed by atoms with Crippen LogP contribution in [-0.2, 0) is 4.79 Å². The van der Waals surface area contributed by atoms with Crippen LogP contribution in [0.1, 0.15) is 232 Å². The highest BCUT2D eigenvalue weighted by atomic mass is 16.3. The molecule has 4 atom stereocenters. The van der Waals surface area contributed by atoms with E-state index in [1.807, 2.05) is 0 Å². The van der Waals surface area contributed by atoms with Crippen molar-refractivity contribution in [1.29, 1.82) is 0 Å². The Hall–Kier alpha value is -0.950. The van der Waals surface area contributed by atoms with Gasteiger partial charge in [0.05, 0.1) is 24.9 Å². The summed E-state index contributed by atoms with van der Waals surface area (Å²) in [5.74, 6) is -0.564. The van der Waals surface area contributed by atoms with Gasteiger partial charge in [-0.3, -0.25) is 4.79 Å². The fraction of sp³-hybridized carbons (Fsp3) is 0.932. The molecular weight excluding hydrogens is 622 g/mol. The molecule has 0 saturated carbocycles. The van der Waals surface area contributed by atoms with Gasteiger partial charge in [-0.1, -0.05) is 231 Å². The van der Waals surface area contributed by atoms with Crippen LogP contribution in [0.15, 0.2) is 12.2 Å². The van der Waals surface area contributed by atoms with E-state index in [-0.39, 0.29) is 0 Å². The lowest BCUT2D eigenvalue weighted by Gasteiger charge is -2.22. The third-order valence-electron chi connectivity index (χ3n) is 10.5. The third kappa shape index (κ3) is 34.2. The van der Waals surface area contributed by atoms with E-state index in [2.05, 4.69) is 19.2 Å². The van der Waals surface area contributed by atoms with E-state index in [4.69, 9.17) is 0 Å². The van der Waals surface area contributed by atoms with E-state index >= 15 is 0 Å². The van der Waals surface area contributed by atoms with Crippen LogP contribution < -0.4 is 5.32 Å². The average molecular weight is 710 g/mol. The molecule has 0 bridgehead atoms. The number of nitrogens with one attached hydrogen (secondary N) is 1. The van der Waals surface area contributed by atoms with Gasteiger partial charge >= 0.3 is 0 Å². The highest BCUT2D eigenvalue weighted by Crippen LogP contribution is 2.16. The molecule has 0 heterocycles. The molecule has 0 aromatic heterocycles. The Labute approximate surface area is 311 Å². The number of carbonyl (C=O) groups excluding carboxylic acids is 1. The maximum Gasteiger partial charge on any atom is 0.249 e. The molecule has 0 aromatic carbocycles. The number of rotatable bonds is 40. The van der Waals surface area contributed by atoms with Gasteiger partial charge in [0.15, 0.2) is 0 Å². The molecule has 0 aliphatic rings. The number of carbonyl (C=O) groups is 1. The number of hydrogen-bond acceptors (Lipinski definition) is 5. The highest BCUT2D eigenvalue weighted by Gasteiger charge is 2.22. The van der Waals surface area contributed by atoms with Crippen molar-refractivity contribution in [3.63, 3.8) is 0 Å². The lowest BCUT2D eigenvalue weighted by molar-refractivity contribution is -0.131. The van der Waals surface area contributed by atoms with Crippen molar-refractivity contribution in [2.75, 3.05) is 6.61 Å². The minimum atomic E-state index is -1.15. The normalized spacial score (nSPS) is 14.3. The highest BCUT2D eigenvalue weighted by molar-refractivity contribution is 5.80. The summed E-state index contributed by atoms with van der Waals surface area (Å²) in [7, 11) is 0. The van der Waals surface area contributed by atoms with Gasteiger partial charge in [0.2, 0.25) is 5.91 Å². The molecule has 5 N–H and O–H groups in total. The molecule has 298 valence electrons. The van der Waals surface area contributed by atoms with Crippen molar-refractivity contribution in [3.05, 3.63) is 12.2 Å². The fourth-order valence-corrected chi connectivity index (χ4v) is 6.91. The molecule has 0 radical (unpaired) electrons. The van der Waals surface area contributed by atoms with Crippen LogP contribution in [0.3, 0.4) is 0 Å². The van der Waals surface area contributed by atoms with Gasteiger partial charge in [-0.25, -0.2) is 0 Å². The Bertz CT molecular complexity index is 717. The predicted octanol–water partition coefficient (Wildman–Crippen LogP) is 11.4. The molecule has 0 saturated heterocycles. The van der Waals surface area contributed by atoms with E-state index < -0.39 is 36.9 Å². The van der Waals surface area contributed by atoms with Crippen molar-refractivity contribution in [1.82, 2.24) is 5.32 Å². The Morgan fingerprint density at radius 1 is 0.460 bits per heavy atom. The zero-order chi connectivity index (χ0) is 36.8. The van der Waals surface area contributed by atoms with Gasteiger partial charge < -0.3 is 25.7 Å². The molecule has 0 aliphatic carbocycles. The zero-order valence-electron chi connectivity index (χ0n) is 33.4.